The number of nitrogens with zero attached hydrogens (tertiary/aromatic N) is 6. The zero-order valence-corrected chi connectivity index (χ0v) is 23.1. The van der Waals surface area contributed by atoms with Crippen molar-refractivity contribution in [1.29, 1.82) is 0 Å². The number of carbonyl (C=O) groups is 1. The molecule has 0 radical (unpaired) electrons. The van der Waals surface area contributed by atoms with Crippen molar-refractivity contribution in [3.8, 4) is 0 Å². The first-order valence-electron chi connectivity index (χ1n) is 12.7. The Hall–Kier alpha value is -2.98. The van der Waals surface area contributed by atoms with E-state index in [1.807, 2.05) is 43.9 Å². The zero-order valence-electron chi connectivity index (χ0n) is 21.6. The van der Waals surface area contributed by atoms with Crippen molar-refractivity contribution in [3.05, 3.63) is 52.8 Å². The van der Waals surface area contributed by atoms with Gasteiger partial charge >= 0.3 is 6.09 Å². The van der Waals surface area contributed by atoms with Gasteiger partial charge in [0.1, 0.15) is 11.4 Å². The summed E-state index contributed by atoms with van der Waals surface area (Å²) in [7, 11) is 0. The fraction of sp³-hybridized carbons (Fsp3) is 0.481. The predicted octanol–water partition coefficient (Wildman–Crippen LogP) is 4.29. The molecule has 37 heavy (non-hydrogen) atoms. The second kappa shape index (κ2) is 10.8. The number of carbonyl (C=O) groups excluding carboxylic acids is 1. The Morgan fingerprint density at radius 2 is 1.81 bits per heavy atom. The van der Waals surface area contributed by atoms with Gasteiger partial charge in [0.25, 0.3) is 0 Å². The fourth-order valence-electron chi connectivity index (χ4n) is 4.82. The number of halogens is 1. The van der Waals surface area contributed by atoms with Crippen molar-refractivity contribution < 1.29 is 14.3 Å². The van der Waals surface area contributed by atoms with E-state index in [1.54, 1.807) is 12.4 Å². The van der Waals surface area contributed by atoms with Crippen LogP contribution in [0.1, 0.15) is 26.3 Å². The first-order chi connectivity index (χ1) is 17.8. The highest BCUT2D eigenvalue weighted by Crippen LogP contribution is 2.34. The monoisotopic (exact) mass is 568 g/mol. The second-order valence-electron chi connectivity index (χ2n) is 10.4. The zero-order chi connectivity index (χ0) is 26.0. The molecule has 1 unspecified atom stereocenters. The number of anilines is 2. The summed E-state index contributed by atoms with van der Waals surface area (Å²) >= 11 is 3.68. The van der Waals surface area contributed by atoms with E-state index in [0.717, 1.165) is 40.7 Å². The molecule has 0 bridgehead atoms. The van der Waals surface area contributed by atoms with Gasteiger partial charge in [0, 0.05) is 43.4 Å². The Kier molecular flexibility index (Phi) is 7.48. The van der Waals surface area contributed by atoms with Gasteiger partial charge in [-0.05, 0) is 48.7 Å². The van der Waals surface area contributed by atoms with Crippen LogP contribution in [0.25, 0.3) is 10.9 Å². The van der Waals surface area contributed by atoms with Crippen LogP contribution in [0.5, 0.6) is 0 Å². The Balaban J connectivity index is 1.50. The number of ether oxygens (including phenoxy) is 2. The standard InChI is InChI=1S/C27H33BrN6O3/c1-27(2,3)37-26(35)34-10-9-33(18-20(34)15-19-7-5-4-6-8-19)24-23-21(28)16-29-17-22(23)30-25(31-24)32-11-13-36-14-12-32/h4-8,16-17,20H,9-15,18H2,1-3H3. The van der Waals surface area contributed by atoms with Crippen LogP contribution in [0, 0.1) is 0 Å². The summed E-state index contributed by atoms with van der Waals surface area (Å²) in [6.45, 7) is 10.3. The molecule has 1 aromatic carbocycles. The van der Waals surface area contributed by atoms with Crippen molar-refractivity contribution >= 4 is 44.7 Å². The number of rotatable bonds is 4. The summed E-state index contributed by atoms with van der Waals surface area (Å²) in [4.78, 5) is 33.8. The summed E-state index contributed by atoms with van der Waals surface area (Å²) in [5, 5.41) is 0.927. The highest BCUT2D eigenvalue weighted by molar-refractivity contribution is 9.10. The van der Waals surface area contributed by atoms with Gasteiger partial charge in [0.15, 0.2) is 0 Å². The van der Waals surface area contributed by atoms with Crippen LogP contribution in [-0.4, -0.2) is 83.5 Å². The maximum absolute atomic E-state index is 13.2. The summed E-state index contributed by atoms with van der Waals surface area (Å²) in [5.41, 5.74) is 1.41. The maximum Gasteiger partial charge on any atom is 0.410 e. The van der Waals surface area contributed by atoms with Crippen LogP contribution >= 0.6 is 15.9 Å². The van der Waals surface area contributed by atoms with Crippen LogP contribution < -0.4 is 9.80 Å². The molecule has 1 amide bonds. The number of fused-ring (bicyclic) bond motifs is 1. The van der Waals surface area contributed by atoms with E-state index < -0.39 is 5.60 Å². The van der Waals surface area contributed by atoms with Crippen molar-refractivity contribution in [2.75, 3.05) is 55.7 Å². The van der Waals surface area contributed by atoms with Gasteiger partial charge in [0.05, 0.1) is 36.4 Å². The number of aromatic nitrogens is 3. The normalized spacial score (nSPS) is 18.8. The lowest BCUT2D eigenvalue weighted by atomic mass is 10.0. The Bertz CT molecular complexity index is 1250. The third kappa shape index (κ3) is 5.96. The van der Waals surface area contributed by atoms with Crippen molar-refractivity contribution in [2.24, 2.45) is 0 Å². The molecule has 2 aromatic heterocycles. The van der Waals surface area contributed by atoms with Gasteiger partial charge < -0.3 is 24.2 Å². The largest absolute Gasteiger partial charge is 0.444 e. The van der Waals surface area contributed by atoms with Crippen LogP contribution in [0.3, 0.4) is 0 Å². The number of hydrogen-bond acceptors (Lipinski definition) is 8. The van der Waals surface area contributed by atoms with Gasteiger partial charge in [-0.25, -0.2) is 9.78 Å². The van der Waals surface area contributed by atoms with Crippen molar-refractivity contribution in [3.63, 3.8) is 0 Å². The molecule has 2 aliphatic heterocycles. The minimum absolute atomic E-state index is 0.0801. The smallest absolute Gasteiger partial charge is 0.410 e. The van der Waals surface area contributed by atoms with Crippen LogP contribution in [-0.2, 0) is 15.9 Å². The SMILES string of the molecule is CC(C)(C)OC(=O)N1CCN(c2nc(N3CCOCC3)nc3cncc(Br)c23)CC1Cc1ccccc1. The molecule has 0 aliphatic carbocycles. The van der Waals surface area contributed by atoms with Crippen molar-refractivity contribution in [2.45, 2.75) is 38.8 Å². The number of amides is 1. The lowest BCUT2D eigenvalue weighted by Crippen LogP contribution is -2.57. The minimum Gasteiger partial charge on any atom is -0.444 e. The van der Waals surface area contributed by atoms with E-state index in [1.165, 1.54) is 5.56 Å². The molecule has 3 aromatic rings. The van der Waals surface area contributed by atoms with Crippen LogP contribution in [0.4, 0.5) is 16.6 Å². The van der Waals surface area contributed by atoms with E-state index in [9.17, 15) is 4.79 Å². The number of pyridine rings is 1. The number of benzene rings is 1. The number of morpholine rings is 1. The summed E-state index contributed by atoms with van der Waals surface area (Å²) in [6, 6.07) is 10.2. The average molecular weight is 570 g/mol. The van der Waals surface area contributed by atoms with E-state index in [4.69, 9.17) is 19.4 Å². The second-order valence-corrected chi connectivity index (χ2v) is 11.3. The van der Waals surface area contributed by atoms with Crippen LogP contribution in [0.2, 0.25) is 0 Å². The van der Waals surface area contributed by atoms with Gasteiger partial charge in [-0.1, -0.05) is 30.3 Å². The molecular weight excluding hydrogens is 536 g/mol. The molecule has 1 atom stereocenters. The van der Waals surface area contributed by atoms with E-state index in [2.05, 4.69) is 42.8 Å². The van der Waals surface area contributed by atoms with E-state index >= 15 is 0 Å². The van der Waals surface area contributed by atoms with Gasteiger partial charge in [-0.2, -0.15) is 4.98 Å². The summed E-state index contributed by atoms with van der Waals surface area (Å²) in [6.07, 6.45) is 4.01. The Labute approximate surface area is 225 Å². The Morgan fingerprint density at radius 1 is 1.05 bits per heavy atom. The molecule has 0 spiro atoms. The highest BCUT2D eigenvalue weighted by atomic mass is 79.9. The molecule has 10 heteroatoms. The highest BCUT2D eigenvalue weighted by Gasteiger charge is 2.35. The lowest BCUT2D eigenvalue weighted by Gasteiger charge is -2.42. The average Bonchev–Trinajstić information content (AvgIpc) is 2.88. The molecule has 0 saturated carbocycles. The lowest BCUT2D eigenvalue weighted by molar-refractivity contribution is 0.0141. The molecule has 2 fully saturated rings. The molecule has 9 nitrogen and oxygen atoms in total. The maximum atomic E-state index is 13.2. The minimum atomic E-state index is -0.556. The van der Waals surface area contributed by atoms with E-state index in [-0.39, 0.29) is 12.1 Å². The van der Waals surface area contributed by atoms with Gasteiger partial charge in [0.2, 0.25) is 5.95 Å². The summed E-state index contributed by atoms with van der Waals surface area (Å²) in [5.74, 6) is 1.53. The topological polar surface area (TPSA) is 83.9 Å². The van der Waals surface area contributed by atoms with Crippen LogP contribution in [0.15, 0.2) is 47.2 Å². The van der Waals surface area contributed by atoms with Crippen molar-refractivity contribution in [1.82, 2.24) is 19.9 Å². The third-order valence-corrected chi connectivity index (χ3v) is 7.15. The molecule has 2 saturated heterocycles. The Morgan fingerprint density at radius 3 is 2.54 bits per heavy atom. The van der Waals surface area contributed by atoms with Gasteiger partial charge in [-0.3, -0.25) is 4.98 Å². The molecule has 0 N–H and O–H groups in total. The first-order valence-corrected chi connectivity index (χ1v) is 13.5. The van der Waals surface area contributed by atoms with Gasteiger partial charge in [-0.15, -0.1) is 0 Å². The number of piperazine rings is 1. The fourth-order valence-corrected chi connectivity index (χ4v) is 5.32. The molecule has 4 heterocycles. The molecule has 5 rings (SSSR count). The number of hydrogen-bond donors (Lipinski definition) is 0. The predicted molar refractivity (Wildman–Crippen MR) is 147 cm³/mol. The van der Waals surface area contributed by atoms with E-state index in [0.29, 0.717) is 38.8 Å². The molecule has 2 aliphatic rings. The molecular formula is C27H33BrN6O3. The first kappa shape index (κ1) is 25.7. The third-order valence-electron chi connectivity index (χ3n) is 6.55. The molecule has 196 valence electrons. The summed E-state index contributed by atoms with van der Waals surface area (Å²) < 4.78 is 12.2. The quantitative estimate of drug-likeness (QED) is 0.460.